The van der Waals surface area contributed by atoms with Gasteiger partial charge in [-0.1, -0.05) is 84.9 Å². The minimum absolute atomic E-state index is 0.120. The average Bonchev–Trinajstić information content (AvgIpc) is 2.65. The van der Waals surface area contributed by atoms with Gasteiger partial charge in [0.1, 0.15) is 0 Å². The third-order valence-corrected chi connectivity index (χ3v) is 4.53. The summed E-state index contributed by atoms with van der Waals surface area (Å²) in [7, 11) is 0. The zero-order valence-electron chi connectivity index (χ0n) is 13.7. The molecule has 0 aliphatic heterocycles. The highest BCUT2D eigenvalue weighted by Crippen LogP contribution is 2.26. The Morgan fingerprint density at radius 2 is 1.25 bits per heavy atom. The molecule has 1 atom stereocenters. The standard InChI is InChI=1S/C23H19N/c1-17(21-15-7-11-19-9-3-5-14-23(19)21)24-16-20-12-6-10-18-8-2-4-13-22(18)20/h2-17H,1H3. The van der Waals surface area contributed by atoms with Crippen LogP contribution in [0.4, 0.5) is 0 Å². The molecule has 0 radical (unpaired) electrons. The fraction of sp³-hybridized carbons (Fsp3) is 0.0870. The van der Waals surface area contributed by atoms with E-state index in [1.165, 1.54) is 32.7 Å². The Morgan fingerprint density at radius 3 is 2.04 bits per heavy atom. The maximum absolute atomic E-state index is 4.84. The Kier molecular flexibility index (Phi) is 3.84. The molecule has 1 unspecified atom stereocenters. The van der Waals surface area contributed by atoms with Crippen LogP contribution in [0.5, 0.6) is 0 Å². The molecule has 0 bridgehead atoms. The largest absolute Gasteiger partial charge is 0.285 e. The minimum Gasteiger partial charge on any atom is -0.285 e. The first kappa shape index (κ1) is 14.6. The van der Waals surface area contributed by atoms with E-state index >= 15 is 0 Å². The van der Waals surface area contributed by atoms with Gasteiger partial charge in [-0.3, -0.25) is 4.99 Å². The predicted molar refractivity (Wildman–Crippen MR) is 104 cm³/mol. The van der Waals surface area contributed by atoms with E-state index in [0.29, 0.717) is 0 Å². The van der Waals surface area contributed by atoms with Gasteiger partial charge >= 0.3 is 0 Å². The molecule has 0 aromatic heterocycles. The fourth-order valence-electron chi connectivity index (χ4n) is 3.25. The van der Waals surface area contributed by atoms with Crippen LogP contribution in [-0.2, 0) is 0 Å². The topological polar surface area (TPSA) is 12.4 Å². The molecular formula is C23H19N. The van der Waals surface area contributed by atoms with E-state index in [-0.39, 0.29) is 6.04 Å². The van der Waals surface area contributed by atoms with E-state index in [1.54, 1.807) is 0 Å². The van der Waals surface area contributed by atoms with Crippen LogP contribution < -0.4 is 0 Å². The Hall–Kier alpha value is -2.93. The van der Waals surface area contributed by atoms with Crippen LogP contribution in [0.3, 0.4) is 0 Å². The van der Waals surface area contributed by atoms with Crippen molar-refractivity contribution in [3.8, 4) is 0 Å². The van der Waals surface area contributed by atoms with Gasteiger partial charge in [0.05, 0.1) is 6.04 Å². The van der Waals surface area contributed by atoms with Gasteiger partial charge in [-0.05, 0) is 34.0 Å². The predicted octanol–water partition coefficient (Wildman–Crippen LogP) is 6.17. The summed E-state index contributed by atoms with van der Waals surface area (Å²) in [6, 6.07) is 29.9. The third-order valence-electron chi connectivity index (χ3n) is 4.53. The van der Waals surface area contributed by atoms with Gasteiger partial charge in [0.15, 0.2) is 0 Å². The Bertz CT molecular complexity index is 1020. The summed E-state index contributed by atoms with van der Waals surface area (Å²) in [5, 5.41) is 5.04. The monoisotopic (exact) mass is 309 g/mol. The molecule has 4 aromatic carbocycles. The fourth-order valence-corrected chi connectivity index (χ4v) is 3.25. The van der Waals surface area contributed by atoms with E-state index in [0.717, 1.165) is 0 Å². The molecule has 0 aliphatic carbocycles. The first-order valence-corrected chi connectivity index (χ1v) is 8.31. The van der Waals surface area contributed by atoms with Gasteiger partial charge in [-0.2, -0.15) is 0 Å². The second kappa shape index (κ2) is 6.29. The third kappa shape index (κ3) is 2.69. The van der Waals surface area contributed by atoms with Crippen molar-refractivity contribution in [3.63, 3.8) is 0 Å². The molecule has 0 fully saturated rings. The summed E-state index contributed by atoms with van der Waals surface area (Å²) in [6.07, 6.45) is 2.01. The van der Waals surface area contributed by atoms with Crippen molar-refractivity contribution in [3.05, 3.63) is 96.1 Å². The van der Waals surface area contributed by atoms with Gasteiger partial charge in [-0.25, -0.2) is 0 Å². The number of nitrogens with zero attached hydrogens (tertiary/aromatic N) is 1. The summed E-state index contributed by atoms with van der Waals surface area (Å²) in [5.74, 6) is 0. The van der Waals surface area contributed by atoms with Crippen LogP contribution in [0.2, 0.25) is 0 Å². The summed E-state index contributed by atoms with van der Waals surface area (Å²) >= 11 is 0. The minimum atomic E-state index is 0.120. The normalized spacial score (nSPS) is 12.9. The maximum atomic E-state index is 4.84. The van der Waals surface area contributed by atoms with Gasteiger partial charge in [0, 0.05) is 11.8 Å². The lowest BCUT2D eigenvalue weighted by Crippen LogP contribution is -1.93. The summed E-state index contributed by atoms with van der Waals surface area (Å²) in [5.41, 5.74) is 2.43. The number of rotatable bonds is 3. The lowest BCUT2D eigenvalue weighted by molar-refractivity contribution is 0.834. The van der Waals surface area contributed by atoms with Crippen LogP contribution in [0.15, 0.2) is 89.9 Å². The molecule has 24 heavy (non-hydrogen) atoms. The summed E-state index contributed by atoms with van der Waals surface area (Å²) in [4.78, 5) is 4.84. The molecule has 0 saturated carbocycles. The Labute approximate surface area is 142 Å². The second-order valence-corrected chi connectivity index (χ2v) is 6.09. The highest BCUT2D eigenvalue weighted by molar-refractivity contribution is 5.99. The lowest BCUT2D eigenvalue weighted by atomic mass is 10.00. The molecule has 1 heteroatoms. The van der Waals surface area contributed by atoms with Crippen LogP contribution in [-0.4, -0.2) is 6.21 Å². The van der Waals surface area contributed by atoms with Gasteiger partial charge in [-0.15, -0.1) is 0 Å². The lowest BCUT2D eigenvalue weighted by Gasteiger charge is -2.11. The number of fused-ring (bicyclic) bond motifs is 2. The maximum Gasteiger partial charge on any atom is 0.0727 e. The van der Waals surface area contributed by atoms with E-state index in [4.69, 9.17) is 4.99 Å². The first-order chi connectivity index (χ1) is 11.8. The van der Waals surface area contributed by atoms with E-state index in [9.17, 15) is 0 Å². The molecule has 116 valence electrons. The van der Waals surface area contributed by atoms with Crippen molar-refractivity contribution >= 4 is 27.8 Å². The molecule has 4 rings (SSSR count). The second-order valence-electron chi connectivity index (χ2n) is 6.09. The highest BCUT2D eigenvalue weighted by atomic mass is 14.8. The summed E-state index contributed by atoms with van der Waals surface area (Å²) in [6.45, 7) is 2.16. The Morgan fingerprint density at radius 1 is 0.667 bits per heavy atom. The van der Waals surface area contributed by atoms with E-state index < -0.39 is 0 Å². The van der Waals surface area contributed by atoms with Crippen LogP contribution in [0, 0.1) is 0 Å². The van der Waals surface area contributed by atoms with Crippen molar-refractivity contribution in [2.75, 3.05) is 0 Å². The molecule has 0 heterocycles. The summed E-state index contributed by atoms with van der Waals surface area (Å²) < 4.78 is 0. The quantitative estimate of drug-likeness (QED) is 0.401. The SMILES string of the molecule is CC(N=Cc1cccc2ccccc12)c1cccc2ccccc12. The smallest absolute Gasteiger partial charge is 0.0727 e. The van der Waals surface area contributed by atoms with Crippen molar-refractivity contribution in [2.24, 2.45) is 4.99 Å². The highest BCUT2D eigenvalue weighted by Gasteiger charge is 2.07. The van der Waals surface area contributed by atoms with E-state index in [1.807, 2.05) is 6.21 Å². The van der Waals surface area contributed by atoms with Crippen molar-refractivity contribution < 1.29 is 0 Å². The number of aliphatic imine (C=N–C) groups is 1. The molecule has 0 spiro atoms. The van der Waals surface area contributed by atoms with Gasteiger partial charge in [0.25, 0.3) is 0 Å². The average molecular weight is 309 g/mol. The van der Waals surface area contributed by atoms with Crippen LogP contribution in [0.25, 0.3) is 21.5 Å². The molecule has 0 aliphatic rings. The van der Waals surface area contributed by atoms with Crippen LogP contribution >= 0.6 is 0 Å². The molecular weight excluding hydrogens is 290 g/mol. The molecule has 0 amide bonds. The van der Waals surface area contributed by atoms with Crippen LogP contribution in [0.1, 0.15) is 24.1 Å². The Balaban J connectivity index is 1.72. The van der Waals surface area contributed by atoms with E-state index in [2.05, 4.69) is 91.9 Å². The van der Waals surface area contributed by atoms with Crippen molar-refractivity contribution in [1.82, 2.24) is 0 Å². The zero-order chi connectivity index (χ0) is 16.4. The van der Waals surface area contributed by atoms with Crippen molar-refractivity contribution in [2.45, 2.75) is 13.0 Å². The van der Waals surface area contributed by atoms with Gasteiger partial charge in [0.2, 0.25) is 0 Å². The molecule has 1 nitrogen and oxygen atoms in total. The zero-order valence-corrected chi connectivity index (χ0v) is 13.7. The molecule has 0 N–H and O–H groups in total. The van der Waals surface area contributed by atoms with Crippen molar-refractivity contribution in [1.29, 1.82) is 0 Å². The number of hydrogen-bond donors (Lipinski definition) is 0. The number of hydrogen-bond acceptors (Lipinski definition) is 1. The first-order valence-electron chi connectivity index (χ1n) is 8.31. The van der Waals surface area contributed by atoms with Gasteiger partial charge < -0.3 is 0 Å². The molecule has 0 saturated heterocycles. The number of benzene rings is 4. The molecule has 4 aromatic rings.